The van der Waals surface area contributed by atoms with Gasteiger partial charge in [-0.1, -0.05) is 24.2 Å². The van der Waals surface area contributed by atoms with Crippen molar-refractivity contribution in [2.45, 2.75) is 45.6 Å². The normalized spacial score (nSPS) is 20.6. The van der Waals surface area contributed by atoms with E-state index in [1.54, 1.807) is 0 Å². The van der Waals surface area contributed by atoms with Gasteiger partial charge in [0.1, 0.15) is 0 Å². The Balaban J connectivity index is 2.47. The molecule has 0 radical (unpaired) electrons. The number of hydrogen-bond acceptors (Lipinski definition) is 3. The first-order chi connectivity index (χ1) is 9.19. The van der Waals surface area contributed by atoms with E-state index < -0.39 is 0 Å². The Kier molecular flexibility index (Phi) is 4.30. The zero-order chi connectivity index (χ0) is 13.8. The van der Waals surface area contributed by atoms with Crippen molar-refractivity contribution >= 4 is 11.5 Å². The SMILES string of the molecule is CCC1CCCCN1c1c(C)cccc1/C(N)=N/O. The second-order valence-corrected chi connectivity index (χ2v) is 5.21. The molecule has 1 aromatic carbocycles. The molecule has 104 valence electrons. The minimum absolute atomic E-state index is 0.194. The summed E-state index contributed by atoms with van der Waals surface area (Å²) in [4.78, 5) is 2.44. The van der Waals surface area contributed by atoms with Crippen molar-refractivity contribution in [3.05, 3.63) is 29.3 Å². The smallest absolute Gasteiger partial charge is 0.172 e. The predicted molar refractivity (Wildman–Crippen MR) is 79.0 cm³/mol. The molecule has 1 unspecified atom stereocenters. The van der Waals surface area contributed by atoms with Crippen molar-refractivity contribution in [3.63, 3.8) is 0 Å². The van der Waals surface area contributed by atoms with Crippen LogP contribution in [0.2, 0.25) is 0 Å². The number of rotatable bonds is 3. The lowest BCUT2D eigenvalue weighted by molar-refractivity contribution is 0.318. The number of anilines is 1. The molecule has 0 aliphatic carbocycles. The molecule has 0 saturated carbocycles. The van der Waals surface area contributed by atoms with E-state index in [-0.39, 0.29) is 5.84 Å². The van der Waals surface area contributed by atoms with Crippen molar-refractivity contribution in [2.24, 2.45) is 10.9 Å². The fourth-order valence-electron chi connectivity index (χ4n) is 3.02. The van der Waals surface area contributed by atoms with Crippen LogP contribution < -0.4 is 10.6 Å². The minimum Gasteiger partial charge on any atom is -0.409 e. The number of oxime groups is 1. The number of aryl methyl sites for hydroxylation is 1. The summed E-state index contributed by atoms with van der Waals surface area (Å²) in [5.41, 5.74) is 8.98. The molecule has 1 saturated heterocycles. The highest BCUT2D eigenvalue weighted by Crippen LogP contribution is 2.32. The van der Waals surface area contributed by atoms with Crippen molar-refractivity contribution < 1.29 is 5.21 Å². The number of benzene rings is 1. The molecule has 1 aliphatic heterocycles. The lowest BCUT2D eigenvalue weighted by Crippen LogP contribution is -2.40. The van der Waals surface area contributed by atoms with Crippen LogP contribution in [0, 0.1) is 6.92 Å². The van der Waals surface area contributed by atoms with Gasteiger partial charge >= 0.3 is 0 Å². The third-order valence-electron chi connectivity index (χ3n) is 4.01. The summed E-state index contributed by atoms with van der Waals surface area (Å²) in [6, 6.07) is 6.53. The summed E-state index contributed by atoms with van der Waals surface area (Å²) in [6.45, 7) is 5.37. The lowest BCUT2D eigenvalue weighted by Gasteiger charge is -2.39. The highest BCUT2D eigenvalue weighted by Gasteiger charge is 2.25. The van der Waals surface area contributed by atoms with Crippen molar-refractivity contribution in [3.8, 4) is 0 Å². The zero-order valence-electron chi connectivity index (χ0n) is 11.8. The predicted octanol–water partition coefficient (Wildman–Crippen LogP) is 2.86. The maximum Gasteiger partial charge on any atom is 0.172 e. The number of nitrogens with zero attached hydrogens (tertiary/aromatic N) is 2. The summed E-state index contributed by atoms with van der Waals surface area (Å²) >= 11 is 0. The number of hydrogen-bond donors (Lipinski definition) is 2. The van der Waals surface area contributed by atoms with Crippen molar-refractivity contribution in [1.29, 1.82) is 0 Å². The van der Waals surface area contributed by atoms with Crippen LogP contribution in [0.5, 0.6) is 0 Å². The Morgan fingerprint density at radius 2 is 2.26 bits per heavy atom. The molecular weight excluding hydrogens is 238 g/mol. The molecule has 19 heavy (non-hydrogen) atoms. The van der Waals surface area contributed by atoms with Crippen LogP contribution in [0.1, 0.15) is 43.7 Å². The maximum absolute atomic E-state index is 8.97. The first-order valence-electron chi connectivity index (χ1n) is 7.03. The molecule has 1 atom stereocenters. The third-order valence-corrected chi connectivity index (χ3v) is 4.01. The number of para-hydroxylation sites is 1. The van der Waals surface area contributed by atoms with Crippen LogP contribution in [-0.2, 0) is 0 Å². The van der Waals surface area contributed by atoms with E-state index in [4.69, 9.17) is 10.9 Å². The van der Waals surface area contributed by atoms with Crippen LogP contribution in [0.15, 0.2) is 23.4 Å². The quantitative estimate of drug-likeness (QED) is 0.380. The highest BCUT2D eigenvalue weighted by atomic mass is 16.4. The van der Waals surface area contributed by atoms with Gasteiger partial charge in [0, 0.05) is 18.2 Å². The minimum atomic E-state index is 0.194. The Labute approximate surface area is 114 Å². The molecule has 0 aromatic heterocycles. The van der Waals surface area contributed by atoms with Gasteiger partial charge in [0.25, 0.3) is 0 Å². The molecule has 3 N–H and O–H groups in total. The Morgan fingerprint density at radius 1 is 1.47 bits per heavy atom. The van der Waals surface area contributed by atoms with E-state index in [0.29, 0.717) is 6.04 Å². The van der Waals surface area contributed by atoms with E-state index in [1.807, 2.05) is 12.1 Å². The Hall–Kier alpha value is -1.71. The van der Waals surface area contributed by atoms with Gasteiger partial charge in [0.15, 0.2) is 5.84 Å². The van der Waals surface area contributed by atoms with Crippen LogP contribution in [0.4, 0.5) is 5.69 Å². The standard InChI is InChI=1S/C15H23N3O/c1-3-12-8-4-5-10-18(12)14-11(2)7-6-9-13(14)15(16)17-19/h6-7,9,12,19H,3-5,8,10H2,1-2H3,(H2,16,17). The summed E-state index contributed by atoms with van der Waals surface area (Å²) in [5.74, 6) is 0.194. The van der Waals surface area contributed by atoms with Crippen LogP contribution >= 0.6 is 0 Å². The fourth-order valence-corrected chi connectivity index (χ4v) is 3.02. The van der Waals surface area contributed by atoms with E-state index in [0.717, 1.165) is 24.2 Å². The van der Waals surface area contributed by atoms with Crippen LogP contribution in [-0.4, -0.2) is 23.6 Å². The lowest BCUT2D eigenvalue weighted by atomic mass is 9.96. The largest absolute Gasteiger partial charge is 0.409 e. The van der Waals surface area contributed by atoms with E-state index in [9.17, 15) is 0 Å². The average Bonchev–Trinajstić information content (AvgIpc) is 2.46. The van der Waals surface area contributed by atoms with Crippen molar-refractivity contribution in [1.82, 2.24) is 0 Å². The topological polar surface area (TPSA) is 61.8 Å². The molecular formula is C15H23N3O. The number of piperidine rings is 1. The van der Waals surface area contributed by atoms with Gasteiger partial charge in [-0.05, 0) is 44.2 Å². The number of amidine groups is 1. The van der Waals surface area contributed by atoms with E-state index in [2.05, 4.69) is 30.0 Å². The molecule has 4 heteroatoms. The monoisotopic (exact) mass is 261 g/mol. The summed E-state index contributed by atoms with van der Waals surface area (Å²) in [7, 11) is 0. The van der Waals surface area contributed by atoms with E-state index >= 15 is 0 Å². The molecule has 0 amide bonds. The molecule has 2 rings (SSSR count). The summed E-state index contributed by atoms with van der Waals surface area (Å²) in [5, 5.41) is 12.1. The third kappa shape index (κ3) is 2.67. The van der Waals surface area contributed by atoms with Crippen molar-refractivity contribution in [2.75, 3.05) is 11.4 Å². The maximum atomic E-state index is 8.97. The molecule has 0 bridgehead atoms. The molecule has 1 aromatic rings. The van der Waals surface area contributed by atoms with Gasteiger partial charge in [-0.3, -0.25) is 0 Å². The van der Waals surface area contributed by atoms with Gasteiger partial charge in [0.05, 0.1) is 5.69 Å². The Morgan fingerprint density at radius 3 is 2.95 bits per heavy atom. The van der Waals surface area contributed by atoms with Crippen LogP contribution in [0.25, 0.3) is 0 Å². The molecule has 4 nitrogen and oxygen atoms in total. The van der Waals surface area contributed by atoms with Gasteiger partial charge in [-0.2, -0.15) is 0 Å². The second-order valence-electron chi connectivity index (χ2n) is 5.21. The summed E-state index contributed by atoms with van der Waals surface area (Å²) < 4.78 is 0. The first kappa shape index (κ1) is 13.7. The van der Waals surface area contributed by atoms with Gasteiger partial charge in [0.2, 0.25) is 0 Å². The average molecular weight is 261 g/mol. The highest BCUT2D eigenvalue weighted by molar-refractivity contribution is 6.02. The van der Waals surface area contributed by atoms with E-state index in [1.165, 1.54) is 24.8 Å². The van der Waals surface area contributed by atoms with Crippen LogP contribution in [0.3, 0.4) is 0 Å². The molecule has 1 aliphatic rings. The molecule has 1 fully saturated rings. The van der Waals surface area contributed by atoms with Gasteiger partial charge in [-0.25, -0.2) is 0 Å². The summed E-state index contributed by atoms with van der Waals surface area (Å²) in [6.07, 6.45) is 4.85. The number of nitrogens with two attached hydrogens (primary N) is 1. The van der Waals surface area contributed by atoms with Gasteiger partial charge in [-0.15, -0.1) is 0 Å². The Bertz CT molecular complexity index is 470. The second kappa shape index (κ2) is 5.95. The van der Waals surface area contributed by atoms with Gasteiger partial charge < -0.3 is 15.8 Å². The molecule has 0 spiro atoms. The zero-order valence-corrected chi connectivity index (χ0v) is 11.8. The fraction of sp³-hybridized carbons (Fsp3) is 0.533. The first-order valence-corrected chi connectivity index (χ1v) is 7.03. The molecule has 1 heterocycles.